The number of aliphatic imine (C=N–C) groups is 1. The van der Waals surface area contributed by atoms with Gasteiger partial charge in [-0.15, -0.1) is 0 Å². The number of thioether (sulfide) groups is 1. The smallest absolute Gasteiger partial charge is 0.338 e. The zero-order chi connectivity index (χ0) is 22.5. The first-order valence-electron chi connectivity index (χ1n) is 9.33. The summed E-state index contributed by atoms with van der Waals surface area (Å²) in [6.45, 7) is 2.05. The molecule has 1 fully saturated rings. The summed E-state index contributed by atoms with van der Waals surface area (Å²) in [5.41, 5.74) is 1.74. The third-order valence-electron chi connectivity index (χ3n) is 4.34. The van der Waals surface area contributed by atoms with Crippen molar-refractivity contribution in [2.45, 2.75) is 6.92 Å². The number of likely N-dealkylation sites (N-methyl/N-ethyl adjacent to an activating group) is 1. The molecular weight excluding hydrogens is 484 g/mol. The molecule has 1 aliphatic rings. The Labute approximate surface area is 193 Å². The second kappa shape index (κ2) is 10.0. The molecule has 2 aromatic rings. The molecule has 9 heteroatoms. The number of esters is 1. The van der Waals surface area contributed by atoms with E-state index in [-0.39, 0.29) is 5.91 Å². The van der Waals surface area contributed by atoms with E-state index in [1.807, 2.05) is 6.07 Å². The van der Waals surface area contributed by atoms with Crippen LogP contribution in [0.15, 0.2) is 50.8 Å². The molecule has 1 aliphatic heterocycles. The second-order valence-electron chi connectivity index (χ2n) is 6.38. The molecule has 0 aliphatic carbocycles. The monoisotopic (exact) mass is 504 g/mol. The van der Waals surface area contributed by atoms with Gasteiger partial charge in [-0.2, -0.15) is 0 Å². The molecule has 31 heavy (non-hydrogen) atoms. The van der Waals surface area contributed by atoms with Crippen LogP contribution in [0.4, 0.5) is 5.69 Å². The number of rotatable bonds is 6. The number of methoxy groups -OCH3 is 2. The van der Waals surface area contributed by atoms with Crippen molar-refractivity contribution in [1.29, 1.82) is 0 Å². The zero-order valence-corrected chi connectivity index (χ0v) is 19.9. The number of amides is 1. The molecule has 0 bridgehead atoms. The first-order valence-corrected chi connectivity index (χ1v) is 10.9. The number of amidine groups is 1. The van der Waals surface area contributed by atoms with Gasteiger partial charge in [0.05, 0.1) is 41.5 Å². The van der Waals surface area contributed by atoms with Gasteiger partial charge in [-0.05, 0) is 76.6 Å². The molecule has 7 nitrogen and oxygen atoms in total. The molecule has 162 valence electrons. The van der Waals surface area contributed by atoms with Crippen LogP contribution in [0.2, 0.25) is 0 Å². The van der Waals surface area contributed by atoms with Crippen molar-refractivity contribution >= 4 is 56.5 Å². The van der Waals surface area contributed by atoms with Gasteiger partial charge in [0.1, 0.15) is 0 Å². The first-order chi connectivity index (χ1) is 14.9. The van der Waals surface area contributed by atoms with E-state index in [0.29, 0.717) is 39.4 Å². The van der Waals surface area contributed by atoms with Gasteiger partial charge in [0.2, 0.25) is 0 Å². The largest absolute Gasteiger partial charge is 0.493 e. The molecule has 1 saturated heterocycles. The Morgan fingerprint density at radius 2 is 2.00 bits per heavy atom. The second-order valence-corrected chi connectivity index (χ2v) is 8.24. The highest BCUT2D eigenvalue weighted by Gasteiger charge is 2.30. The Balaban J connectivity index is 1.90. The number of hydrogen-bond donors (Lipinski definition) is 0. The number of halogens is 1. The lowest BCUT2D eigenvalue weighted by atomic mass is 10.2. The van der Waals surface area contributed by atoms with Crippen LogP contribution in [-0.2, 0) is 9.53 Å². The Kier molecular flexibility index (Phi) is 7.40. The summed E-state index contributed by atoms with van der Waals surface area (Å²) in [5, 5.41) is 0.511. The topological polar surface area (TPSA) is 77.4 Å². The van der Waals surface area contributed by atoms with Crippen molar-refractivity contribution in [3.8, 4) is 11.5 Å². The van der Waals surface area contributed by atoms with E-state index in [4.69, 9.17) is 14.2 Å². The van der Waals surface area contributed by atoms with Crippen molar-refractivity contribution in [3.63, 3.8) is 0 Å². The number of carbonyl (C=O) groups is 2. The SMILES string of the molecule is CCOC(=O)c1cccc(N=C2SC(=Cc3cc(Br)c(OC)c(OC)c3)C(=O)N2C)c1. The van der Waals surface area contributed by atoms with E-state index in [9.17, 15) is 9.59 Å². The van der Waals surface area contributed by atoms with Gasteiger partial charge in [0.25, 0.3) is 5.91 Å². The molecule has 0 atom stereocenters. The van der Waals surface area contributed by atoms with Gasteiger partial charge >= 0.3 is 5.97 Å². The Morgan fingerprint density at radius 3 is 2.68 bits per heavy atom. The van der Waals surface area contributed by atoms with Crippen LogP contribution in [-0.4, -0.2) is 49.8 Å². The lowest BCUT2D eigenvalue weighted by Crippen LogP contribution is -2.23. The van der Waals surface area contributed by atoms with Crippen molar-refractivity contribution in [3.05, 3.63) is 56.9 Å². The van der Waals surface area contributed by atoms with Gasteiger partial charge in [0, 0.05) is 7.05 Å². The summed E-state index contributed by atoms with van der Waals surface area (Å²) in [6.07, 6.45) is 1.77. The molecule has 3 rings (SSSR count). The van der Waals surface area contributed by atoms with E-state index in [0.717, 1.165) is 10.0 Å². The van der Waals surface area contributed by atoms with Gasteiger partial charge in [-0.3, -0.25) is 9.69 Å². The minimum atomic E-state index is -0.410. The van der Waals surface area contributed by atoms with Gasteiger partial charge in [0.15, 0.2) is 16.7 Å². The van der Waals surface area contributed by atoms with Crippen molar-refractivity contribution in [1.82, 2.24) is 4.90 Å². The van der Waals surface area contributed by atoms with Crippen LogP contribution in [0.1, 0.15) is 22.8 Å². The number of hydrogen-bond acceptors (Lipinski definition) is 7. The summed E-state index contributed by atoms with van der Waals surface area (Å²) < 4.78 is 16.4. The molecule has 0 saturated carbocycles. The van der Waals surface area contributed by atoms with E-state index in [1.165, 1.54) is 16.7 Å². The van der Waals surface area contributed by atoms with E-state index >= 15 is 0 Å². The third-order valence-corrected chi connectivity index (χ3v) is 5.99. The van der Waals surface area contributed by atoms with Gasteiger partial charge in [-0.1, -0.05) is 6.07 Å². The summed E-state index contributed by atoms with van der Waals surface area (Å²) in [6, 6.07) is 10.4. The number of ether oxygens (including phenoxy) is 3. The highest BCUT2D eigenvalue weighted by molar-refractivity contribution is 9.10. The highest BCUT2D eigenvalue weighted by Crippen LogP contribution is 2.39. The fraction of sp³-hybridized carbons (Fsp3) is 0.227. The Morgan fingerprint density at radius 1 is 1.23 bits per heavy atom. The maximum Gasteiger partial charge on any atom is 0.338 e. The van der Waals surface area contributed by atoms with E-state index in [1.54, 1.807) is 64.6 Å². The fourth-order valence-electron chi connectivity index (χ4n) is 2.85. The molecule has 1 heterocycles. The lowest BCUT2D eigenvalue weighted by molar-refractivity contribution is -0.121. The average molecular weight is 505 g/mol. The van der Waals surface area contributed by atoms with Crippen molar-refractivity contribution in [2.75, 3.05) is 27.9 Å². The maximum absolute atomic E-state index is 12.7. The van der Waals surface area contributed by atoms with Crippen LogP contribution in [0.5, 0.6) is 11.5 Å². The predicted octanol–water partition coefficient (Wildman–Crippen LogP) is 4.88. The molecule has 0 N–H and O–H groups in total. The molecular formula is C22H21BrN2O5S. The normalized spacial score (nSPS) is 16.2. The molecule has 0 unspecified atom stereocenters. The zero-order valence-electron chi connectivity index (χ0n) is 17.5. The van der Waals surface area contributed by atoms with Crippen molar-refractivity contribution < 1.29 is 23.8 Å². The number of carbonyl (C=O) groups excluding carboxylic acids is 2. The summed E-state index contributed by atoms with van der Waals surface area (Å²) in [7, 11) is 4.78. The summed E-state index contributed by atoms with van der Waals surface area (Å²) in [4.78, 5) is 31.2. The number of nitrogens with zero attached hydrogens (tertiary/aromatic N) is 2. The maximum atomic E-state index is 12.7. The van der Waals surface area contributed by atoms with Crippen LogP contribution < -0.4 is 9.47 Å². The third kappa shape index (κ3) is 5.11. The average Bonchev–Trinajstić information content (AvgIpc) is 3.01. The van der Waals surface area contributed by atoms with Crippen LogP contribution in [0, 0.1) is 0 Å². The van der Waals surface area contributed by atoms with Gasteiger partial charge in [-0.25, -0.2) is 9.79 Å². The number of benzene rings is 2. The minimum absolute atomic E-state index is 0.170. The van der Waals surface area contributed by atoms with Crippen LogP contribution >= 0.6 is 27.7 Å². The molecule has 0 spiro atoms. The highest BCUT2D eigenvalue weighted by atomic mass is 79.9. The van der Waals surface area contributed by atoms with E-state index < -0.39 is 5.97 Å². The lowest BCUT2D eigenvalue weighted by Gasteiger charge is -2.10. The standard InChI is InChI=1S/C22H21BrN2O5S/c1-5-30-21(27)14-7-6-8-15(12-14)24-22-25(2)20(26)18(31-22)11-13-9-16(23)19(29-4)17(10-13)28-3/h6-12H,5H2,1-4H3. The van der Waals surface area contributed by atoms with Crippen LogP contribution in [0.3, 0.4) is 0 Å². The first kappa shape index (κ1) is 22.9. The Bertz CT molecular complexity index is 1080. The quantitative estimate of drug-likeness (QED) is 0.412. The minimum Gasteiger partial charge on any atom is -0.493 e. The molecule has 0 aromatic heterocycles. The summed E-state index contributed by atoms with van der Waals surface area (Å²) in [5.74, 6) is 0.553. The molecule has 2 aromatic carbocycles. The predicted molar refractivity (Wildman–Crippen MR) is 125 cm³/mol. The van der Waals surface area contributed by atoms with Gasteiger partial charge < -0.3 is 14.2 Å². The molecule has 1 amide bonds. The Hall–Kier alpha value is -2.78. The van der Waals surface area contributed by atoms with Crippen LogP contribution in [0.25, 0.3) is 6.08 Å². The van der Waals surface area contributed by atoms with E-state index in [2.05, 4.69) is 20.9 Å². The summed E-state index contributed by atoms with van der Waals surface area (Å²) >= 11 is 4.72. The fourth-order valence-corrected chi connectivity index (χ4v) is 4.46. The van der Waals surface area contributed by atoms with Crippen molar-refractivity contribution in [2.24, 2.45) is 4.99 Å². The molecule has 0 radical (unpaired) electrons.